The molecule has 0 aliphatic rings. The standard InChI is InChI=1S/C14H19NO4.C11H13NO3/c1-14(2,3)19-13(18)15-11(12(16)17)9-10-7-5-4-6-8-10;1-8(13)12-10(11(14)15)7-9-5-3-2-4-6-9/h4-8,11H,9H2,1-3H3,(H,15,18)(H,16,17);2-6,10H,7H2,1H3,(H,12,13)(H,14,15)/t11-;10-/m00/s1. The van der Waals surface area contributed by atoms with Gasteiger partial charge in [-0.2, -0.15) is 0 Å². The van der Waals surface area contributed by atoms with Gasteiger partial charge in [0, 0.05) is 19.8 Å². The van der Waals surface area contributed by atoms with Crippen molar-refractivity contribution in [2.45, 2.75) is 58.2 Å². The number of ether oxygens (including phenoxy) is 1. The van der Waals surface area contributed by atoms with E-state index in [9.17, 15) is 19.2 Å². The lowest BCUT2D eigenvalue weighted by atomic mass is 10.1. The molecule has 2 rings (SSSR count). The average molecular weight is 473 g/mol. The number of carboxylic acids is 2. The van der Waals surface area contributed by atoms with Gasteiger partial charge in [0.05, 0.1) is 0 Å². The van der Waals surface area contributed by atoms with E-state index in [1.54, 1.807) is 20.8 Å². The van der Waals surface area contributed by atoms with E-state index in [0.717, 1.165) is 11.1 Å². The zero-order valence-electron chi connectivity index (χ0n) is 19.8. The third-order valence-corrected chi connectivity index (χ3v) is 4.23. The molecule has 0 aliphatic heterocycles. The molecule has 4 N–H and O–H groups in total. The molecule has 0 bridgehead atoms. The molecule has 0 aromatic heterocycles. The number of benzene rings is 2. The lowest BCUT2D eigenvalue weighted by Crippen LogP contribution is -2.44. The lowest BCUT2D eigenvalue weighted by Gasteiger charge is -2.22. The largest absolute Gasteiger partial charge is 0.480 e. The normalized spacial score (nSPS) is 12.2. The number of amides is 2. The van der Waals surface area contributed by atoms with Gasteiger partial charge in [-0.05, 0) is 31.9 Å². The summed E-state index contributed by atoms with van der Waals surface area (Å²) in [7, 11) is 0. The fraction of sp³-hybridized carbons (Fsp3) is 0.360. The van der Waals surface area contributed by atoms with Crippen LogP contribution in [0.3, 0.4) is 0 Å². The van der Waals surface area contributed by atoms with Crippen molar-refractivity contribution in [1.82, 2.24) is 10.6 Å². The van der Waals surface area contributed by atoms with Crippen LogP contribution in [-0.2, 0) is 32.0 Å². The molecule has 9 nitrogen and oxygen atoms in total. The van der Waals surface area contributed by atoms with Crippen LogP contribution < -0.4 is 10.6 Å². The van der Waals surface area contributed by atoms with Crippen molar-refractivity contribution < 1.29 is 34.1 Å². The van der Waals surface area contributed by atoms with Gasteiger partial charge in [0.2, 0.25) is 5.91 Å². The molecule has 0 unspecified atom stereocenters. The fourth-order valence-electron chi connectivity index (χ4n) is 2.79. The number of carbonyl (C=O) groups excluding carboxylic acids is 2. The summed E-state index contributed by atoms with van der Waals surface area (Å²) in [4.78, 5) is 44.3. The van der Waals surface area contributed by atoms with Gasteiger partial charge in [-0.15, -0.1) is 0 Å². The van der Waals surface area contributed by atoms with Crippen molar-refractivity contribution >= 4 is 23.9 Å². The second-order valence-corrected chi connectivity index (χ2v) is 8.51. The first-order valence-electron chi connectivity index (χ1n) is 10.7. The van der Waals surface area contributed by atoms with Gasteiger partial charge in [0.1, 0.15) is 17.7 Å². The Kier molecular flexibility index (Phi) is 11.3. The van der Waals surface area contributed by atoms with Crippen molar-refractivity contribution in [2.75, 3.05) is 0 Å². The Morgan fingerprint density at radius 3 is 1.47 bits per heavy atom. The van der Waals surface area contributed by atoms with Crippen LogP contribution >= 0.6 is 0 Å². The zero-order chi connectivity index (χ0) is 25.7. The number of aliphatic carboxylic acids is 2. The van der Waals surface area contributed by atoms with Gasteiger partial charge in [0.15, 0.2) is 0 Å². The van der Waals surface area contributed by atoms with Crippen LogP contribution in [-0.4, -0.2) is 51.8 Å². The Hall–Kier alpha value is -3.88. The van der Waals surface area contributed by atoms with Gasteiger partial charge < -0.3 is 25.6 Å². The van der Waals surface area contributed by atoms with Gasteiger partial charge >= 0.3 is 18.0 Å². The van der Waals surface area contributed by atoms with E-state index in [4.69, 9.17) is 14.9 Å². The minimum atomic E-state index is -1.09. The molecule has 0 saturated carbocycles. The average Bonchev–Trinajstić information content (AvgIpc) is 2.73. The molecule has 0 heterocycles. The van der Waals surface area contributed by atoms with Gasteiger partial charge in [-0.3, -0.25) is 4.79 Å². The number of alkyl carbamates (subject to hydrolysis) is 1. The molecule has 0 saturated heterocycles. The Labute approximate surface area is 199 Å². The SMILES string of the molecule is CC(=O)N[C@@H](Cc1ccccc1)C(=O)O.CC(C)(C)OC(=O)N[C@@H](Cc1ccccc1)C(=O)O. The van der Waals surface area contributed by atoms with Crippen LogP contribution in [0.4, 0.5) is 4.79 Å². The summed E-state index contributed by atoms with van der Waals surface area (Å²) >= 11 is 0. The quantitative estimate of drug-likeness (QED) is 0.463. The van der Waals surface area contributed by atoms with Crippen molar-refractivity contribution in [3.8, 4) is 0 Å². The Bertz CT molecular complexity index is 941. The van der Waals surface area contributed by atoms with E-state index >= 15 is 0 Å². The summed E-state index contributed by atoms with van der Waals surface area (Å²) in [5.41, 5.74) is 1.07. The zero-order valence-corrected chi connectivity index (χ0v) is 19.8. The van der Waals surface area contributed by atoms with Crippen LogP contribution in [0.25, 0.3) is 0 Å². The first-order valence-corrected chi connectivity index (χ1v) is 10.7. The van der Waals surface area contributed by atoms with Crippen LogP contribution in [0.5, 0.6) is 0 Å². The number of hydrogen-bond acceptors (Lipinski definition) is 5. The van der Waals surface area contributed by atoms with E-state index < -0.39 is 35.7 Å². The molecule has 2 amide bonds. The number of hydrogen-bond donors (Lipinski definition) is 4. The Morgan fingerprint density at radius 1 is 0.765 bits per heavy atom. The summed E-state index contributed by atoms with van der Waals surface area (Å²) in [6.07, 6.45) is -0.207. The van der Waals surface area contributed by atoms with Crippen molar-refractivity contribution in [3.05, 3.63) is 71.8 Å². The Morgan fingerprint density at radius 2 is 1.15 bits per heavy atom. The highest BCUT2D eigenvalue weighted by Crippen LogP contribution is 2.08. The molecule has 0 fully saturated rings. The fourth-order valence-corrected chi connectivity index (χ4v) is 2.79. The first-order chi connectivity index (χ1) is 15.9. The van der Waals surface area contributed by atoms with Gasteiger partial charge in [-0.1, -0.05) is 60.7 Å². The van der Waals surface area contributed by atoms with E-state index in [1.165, 1.54) is 6.92 Å². The molecule has 0 spiro atoms. The van der Waals surface area contributed by atoms with Crippen molar-refractivity contribution in [1.29, 1.82) is 0 Å². The highest BCUT2D eigenvalue weighted by Gasteiger charge is 2.24. The first kappa shape index (κ1) is 28.2. The van der Waals surface area contributed by atoms with Crippen molar-refractivity contribution in [2.24, 2.45) is 0 Å². The van der Waals surface area contributed by atoms with E-state index in [1.807, 2.05) is 60.7 Å². The molecular weight excluding hydrogens is 440 g/mol. The second kappa shape index (κ2) is 13.6. The lowest BCUT2D eigenvalue weighted by molar-refractivity contribution is -0.141. The molecule has 9 heteroatoms. The molecule has 0 aliphatic carbocycles. The topological polar surface area (TPSA) is 142 Å². The van der Waals surface area contributed by atoms with E-state index in [2.05, 4.69) is 10.6 Å². The molecule has 2 aromatic carbocycles. The summed E-state index contributed by atoms with van der Waals surface area (Å²) in [6, 6.07) is 16.4. The molecule has 2 atom stereocenters. The van der Waals surface area contributed by atoms with E-state index in [-0.39, 0.29) is 12.3 Å². The maximum absolute atomic E-state index is 11.6. The summed E-state index contributed by atoms with van der Waals surface area (Å²) in [5.74, 6) is -2.44. The minimum Gasteiger partial charge on any atom is -0.480 e. The molecule has 34 heavy (non-hydrogen) atoms. The molecule has 0 radical (unpaired) electrons. The smallest absolute Gasteiger partial charge is 0.408 e. The van der Waals surface area contributed by atoms with Crippen LogP contribution in [0.2, 0.25) is 0 Å². The van der Waals surface area contributed by atoms with Gasteiger partial charge in [-0.25, -0.2) is 14.4 Å². The summed E-state index contributed by atoms with van der Waals surface area (Å²) < 4.78 is 5.04. The molecule has 2 aromatic rings. The summed E-state index contributed by atoms with van der Waals surface area (Å²) in [6.45, 7) is 6.47. The molecule has 184 valence electrons. The predicted octanol–water partition coefficient (Wildman–Crippen LogP) is 3.03. The van der Waals surface area contributed by atoms with Gasteiger partial charge in [0.25, 0.3) is 0 Å². The van der Waals surface area contributed by atoms with Crippen LogP contribution in [0.1, 0.15) is 38.8 Å². The Balaban J connectivity index is 0.000000350. The minimum absolute atomic E-state index is 0.218. The third-order valence-electron chi connectivity index (χ3n) is 4.23. The number of rotatable bonds is 8. The second-order valence-electron chi connectivity index (χ2n) is 8.51. The number of carboxylic acid groups (broad SMARTS) is 2. The summed E-state index contributed by atoms with van der Waals surface area (Å²) in [5, 5.41) is 22.7. The predicted molar refractivity (Wildman–Crippen MR) is 126 cm³/mol. The monoisotopic (exact) mass is 472 g/mol. The maximum atomic E-state index is 11.6. The highest BCUT2D eigenvalue weighted by molar-refractivity contribution is 5.82. The van der Waals surface area contributed by atoms with Crippen molar-refractivity contribution in [3.63, 3.8) is 0 Å². The number of nitrogens with one attached hydrogen (secondary N) is 2. The van der Waals surface area contributed by atoms with Crippen LogP contribution in [0, 0.1) is 0 Å². The van der Waals surface area contributed by atoms with Crippen LogP contribution in [0.15, 0.2) is 60.7 Å². The highest BCUT2D eigenvalue weighted by atomic mass is 16.6. The maximum Gasteiger partial charge on any atom is 0.408 e. The molecular formula is C25H32N2O7. The van der Waals surface area contributed by atoms with E-state index in [0.29, 0.717) is 6.42 Å². The third kappa shape index (κ3) is 12.2. The number of carbonyl (C=O) groups is 4.